The largest absolute Gasteiger partial charge is 0.477 e. The lowest BCUT2D eigenvalue weighted by molar-refractivity contribution is 0.102. The summed E-state index contributed by atoms with van der Waals surface area (Å²) in [5.74, 6) is 0.103. The minimum Gasteiger partial charge on any atom is -0.477 e. The van der Waals surface area contributed by atoms with Gasteiger partial charge in [-0.25, -0.2) is 0 Å². The van der Waals surface area contributed by atoms with Crippen LogP contribution in [0.5, 0.6) is 5.88 Å². The highest BCUT2D eigenvalue weighted by Crippen LogP contribution is 2.28. The van der Waals surface area contributed by atoms with Crippen molar-refractivity contribution in [2.24, 2.45) is 0 Å². The molecule has 0 bridgehead atoms. The molecule has 1 heterocycles. The molecule has 1 amide bonds. The first-order valence-electron chi connectivity index (χ1n) is 8.80. The minimum absolute atomic E-state index is 0.276. The number of unbranched alkanes of at least 4 members (excludes halogenated alkanes) is 1. The van der Waals surface area contributed by atoms with Crippen molar-refractivity contribution in [2.45, 2.75) is 19.8 Å². The number of hydrogen-bond acceptors (Lipinski definition) is 4. The third-order valence-corrected chi connectivity index (χ3v) is 4.14. The summed E-state index contributed by atoms with van der Waals surface area (Å²) in [6, 6.07) is 18.0. The Kier molecular flexibility index (Phi) is 6.39. The van der Waals surface area contributed by atoms with Crippen molar-refractivity contribution in [3.05, 3.63) is 71.2 Å². The lowest BCUT2D eigenvalue weighted by Crippen LogP contribution is -2.14. The van der Waals surface area contributed by atoms with Crippen LogP contribution >= 0.6 is 11.6 Å². The first kappa shape index (κ1) is 18.9. The van der Waals surface area contributed by atoms with Crippen LogP contribution in [0.2, 0.25) is 5.02 Å². The van der Waals surface area contributed by atoms with Gasteiger partial charge in [0, 0.05) is 22.2 Å². The number of aromatic nitrogens is 2. The highest BCUT2D eigenvalue weighted by Gasteiger charge is 2.14. The number of nitrogens with one attached hydrogen (secondary N) is 1. The molecule has 0 saturated carbocycles. The number of benzene rings is 2. The Labute approximate surface area is 163 Å². The Hall–Kier alpha value is -2.92. The summed E-state index contributed by atoms with van der Waals surface area (Å²) in [6.07, 6.45) is 1.94. The maximum atomic E-state index is 12.7. The van der Waals surface area contributed by atoms with E-state index in [0.717, 1.165) is 18.4 Å². The van der Waals surface area contributed by atoms with Gasteiger partial charge in [-0.2, -0.15) is 0 Å². The van der Waals surface area contributed by atoms with Crippen LogP contribution in [-0.4, -0.2) is 22.7 Å². The molecular formula is C21H20ClN3O2. The second-order valence-corrected chi connectivity index (χ2v) is 6.41. The van der Waals surface area contributed by atoms with Crippen molar-refractivity contribution in [1.29, 1.82) is 0 Å². The number of hydrogen-bond donors (Lipinski definition) is 1. The van der Waals surface area contributed by atoms with Crippen LogP contribution in [0, 0.1) is 0 Å². The normalized spacial score (nSPS) is 10.4. The maximum Gasteiger partial charge on any atom is 0.255 e. The van der Waals surface area contributed by atoms with Gasteiger partial charge in [0.05, 0.1) is 12.3 Å². The Morgan fingerprint density at radius 2 is 1.89 bits per heavy atom. The number of carbonyl (C=O) groups excluding carboxylic acids is 1. The molecule has 6 heteroatoms. The number of rotatable bonds is 7. The van der Waals surface area contributed by atoms with Gasteiger partial charge in [0.25, 0.3) is 5.91 Å². The average molecular weight is 382 g/mol. The van der Waals surface area contributed by atoms with Crippen LogP contribution in [-0.2, 0) is 0 Å². The van der Waals surface area contributed by atoms with Gasteiger partial charge >= 0.3 is 0 Å². The van der Waals surface area contributed by atoms with Crippen molar-refractivity contribution < 1.29 is 9.53 Å². The zero-order chi connectivity index (χ0) is 19.1. The Bertz CT molecular complexity index is 916. The molecule has 138 valence electrons. The first-order valence-corrected chi connectivity index (χ1v) is 9.18. The van der Waals surface area contributed by atoms with E-state index in [-0.39, 0.29) is 5.91 Å². The summed E-state index contributed by atoms with van der Waals surface area (Å²) in [5.41, 5.74) is 2.43. The number of carbonyl (C=O) groups is 1. The predicted octanol–water partition coefficient (Wildman–Crippen LogP) is 5.23. The average Bonchev–Trinajstić information content (AvgIpc) is 2.69. The summed E-state index contributed by atoms with van der Waals surface area (Å²) in [6.45, 7) is 2.64. The van der Waals surface area contributed by atoms with E-state index >= 15 is 0 Å². The maximum absolute atomic E-state index is 12.7. The number of amides is 1. The SMILES string of the molecule is CCCCOc1cc(NC(=O)c2cccc(Cl)c2)c(-c2ccccc2)nn1. The van der Waals surface area contributed by atoms with Crippen molar-refractivity contribution in [3.8, 4) is 17.1 Å². The van der Waals surface area contributed by atoms with Gasteiger partial charge in [0.1, 0.15) is 5.69 Å². The molecule has 5 nitrogen and oxygen atoms in total. The fraction of sp³-hybridized carbons (Fsp3) is 0.190. The van der Waals surface area contributed by atoms with Crippen molar-refractivity contribution in [3.63, 3.8) is 0 Å². The van der Waals surface area contributed by atoms with Crippen LogP contribution in [0.4, 0.5) is 5.69 Å². The molecule has 0 spiro atoms. The second-order valence-electron chi connectivity index (χ2n) is 5.98. The van der Waals surface area contributed by atoms with Gasteiger partial charge in [-0.05, 0) is 24.6 Å². The van der Waals surface area contributed by atoms with Gasteiger partial charge in [-0.3, -0.25) is 4.79 Å². The number of anilines is 1. The van der Waals surface area contributed by atoms with Gasteiger partial charge < -0.3 is 10.1 Å². The number of nitrogens with zero attached hydrogens (tertiary/aromatic N) is 2. The van der Waals surface area contributed by atoms with E-state index in [9.17, 15) is 4.79 Å². The quantitative estimate of drug-likeness (QED) is 0.569. The third kappa shape index (κ3) is 5.05. The molecular weight excluding hydrogens is 362 g/mol. The smallest absolute Gasteiger partial charge is 0.255 e. The monoisotopic (exact) mass is 381 g/mol. The van der Waals surface area contributed by atoms with Crippen molar-refractivity contribution >= 4 is 23.2 Å². The van der Waals surface area contributed by atoms with Crippen LogP contribution in [0.15, 0.2) is 60.7 Å². The fourth-order valence-electron chi connectivity index (χ4n) is 2.49. The molecule has 27 heavy (non-hydrogen) atoms. The summed E-state index contributed by atoms with van der Waals surface area (Å²) in [7, 11) is 0. The fourth-order valence-corrected chi connectivity index (χ4v) is 2.68. The lowest BCUT2D eigenvalue weighted by atomic mass is 10.1. The molecule has 2 aromatic carbocycles. The highest BCUT2D eigenvalue weighted by molar-refractivity contribution is 6.31. The molecule has 0 aliphatic rings. The summed E-state index contributed by atoms with van der Waals surface area (Å²) < 4.78 is 5.64. The molecule has 0 radical (unpaired) electrons. The molecule has 1 aromatic heterocycles. The lowest BCUT2D eigenvalue weighted by Gasteiger charge is -2.12. The van der Waals surface area contributed by atoms with Gasteiger partial charge in [-0.15, -0.1) is 10.2 Å². The molecule has 3 aromatic rings. The minimum atomic E-state index is -0.276. The van der Waals surface area contributed by atoms with Gasteiger partial charge in [-0.1, -0.05) is 61.3 Å². The third-order valence-electron chi connectivity index (χ3n) is 3.90. The van der Waals surface area contributed by atoms with E-state index in [2.05, 4.69) is 22.4 Å². The standard InChI is InChI=1S/C21H20ClN3O2/c1-2-3-12-27-19-14-18(20(25-24-19)15-8-5-4-6-9-15)23-21(26)16-10-7-11-17(22)13-16/h4-11,13-14H,2-3,12H2,1H3,(H,23,24,26). The highest BCUT2D eigenvalue weighted by atomic mass is 35.5. The van der Waals surface area contributed by atoms with E-state index in [4.69, 9.17) is 16.3 Å². The van der Waals surface area contributed by atoms with E-state index in [1.807, 2.05) is 30.3 Å². The molecule has 0 aliphatic heterocycles. The Morgan fingerprint density at radius 3 is 2.63 bits per heavy atom. The van der Waals surface area contributed by atoms with E-state index in [1.165, 1.54) is 0 Å². The van der Waals surface area contributed by atoms with E-state index in [0.29, 0.717) is 34.5 Å². The molecule has 0 saturated heterocycles. The Balaban J connectivity index is 1.91. The number of halogens is 1. The zero-order valence-electron chi connectivity index (χ0n) is 15.0. The predicted molar refractivity (Wildman–Crippen MR) is 107 cm³/mol. The molecule has 0 unspecified atom stereocenters. The summed E-state index contributed by atoms with van der Waals surface area (Å²) in [5, 5.41) is 11.8. The zero-order valence-corrected chi connectivity index (χ0v) is 15.7. The molecule has 0 fully saturated rings. The van der Waals surface area contributed by atoms with Gasteiger partial charge in [0.2, 0.25) is 5.88 Å². The van der Waals surface area contributed by atoms with Gasteiger partial charge in [0.15, 0.2) is 0 Å². The van der Waals surface area contributed by atoms with E-state index in [1.54, 1.807) is 30.3 Å². The van der Waals surface area contributed by atoms with E-state index < -0.39 is 0 Å². The Morgan fingerprint density at radius 1 is 1.07 bits per heavy atom. The molecule has 1 N–H and O–H groups in total. The van der Waals surface area contributed by atoms with Crippen LogP contribution in [0.1, 0.15) is 30.1 Å². The van der Waals surface area contributed by atoms with Crippen molar-refractivity contribution in [1.82, 2.24) is 10.2 Å². The molecule has 0 aliphatic carbocycles. The van der Waals surface area contributed by atoms with Crippen LogP contribution in [0.3, 0.4) is 0 Å². The topological polar surface area (TPSA) is 64.1 Å². The van der Waals surface area contributed by atoms with Crippen LogP contribution < -0.4 is 10.1 Å². The first-order chi connectivity index (χ1) is 13.2. The number of ether oxygens (including phenoxy) is 1. The van der Waals surface area contributed by atoms with Crippen molar-refractivity contribution in [2.75, 3.05) is 11.9 Å². The molecule has 3 rings (SSSR count). The summed E-state index contributed by atoms with van der Waals surface area (Å²) >= 11 is 5.99. The molecule has 0 atom stereocenters. The second kappa shape index (κ2) is 9.14. The van der Waals surface area contributed by atoms with Crippen LogP contribution in [0.25, 0.3) is 11.3 Å². The summed E-state index contributed by atoms with van der Waals surface area (Å²) in [4.78, 5) is 12.7.